The third-order valence-electron chi connectivity index (χ3n) is 4.76. The summed E-state index contributed by atoms with van der Waals surface area (Å²) in [6.07, 6.45) is 2.83. The molecule has 5 nitrogen and oxygen atoms in total. The molecule has 156 valence electrons. The van der Waals surface area contributed by atoms with Gasteiger partial charge in [0.25, 0.3) is 5.91 Å². The zero-order valence-electron chi connectivity index (χ0n) is 17.0. The quantitative estimate of drug-likeness (QED) is 0.530. The summed E-state index contributed by atoms with van der Waals surface area (Å²) in [4.78, 5) is 12.8. The van der Waals surface area contributed by atoms with Gasteiger partial charge in [-0.2, -0.15) is 0 Å². The van der Waals surface area contributed by atoms with E-state index in [0.29, 0.717) is 17.8 Å². The van der Waals surface area contributed by atoms with Crippen LogP contribution in [0.15, 0.2) is 84.9 Å². The second kappa shape index (κ2) is 10.1. The third kappa shape index (κ3) is 5.94. The summed E-state index contributed by atoms with van der Waals surface area (Å²) in [7, 11) is -3.58. The number of carbonyl (C=O) groups is 1. The molecule has 3 aromatic carbocycles. The zero-order valence-corrected chi connectivity index (χ0v) is 17.8. The van der Waals surface area contributed by atoms with Crippen LogP contribution in [0.4, 0.5) is 5.69 Å². The van der Waals surface area contributed by atoms with Crippen molar-refractivity contribution in [2.75, 3.05) is 17.1 Å². The van der Waals surface area contributed by atoms with Crippen molar-refractivity contribution < 1.29 is 13.2 Å². The lowest BCUT2D eigenvalue weighted by Gasteiger charge is -2.24. The van der Waals surface area contributed by atoms with Crippen molar-refractivity contribution in [3.05, 3.63) is 102 Å². The van der Waals surface area contributed by atoms with Gasteiger partial charge in [0.05, 0.1) is 24.1 Å². The van der Waals surface area contributed by atoms with Gasteiger partial charge in [-0.25, -0.2) is 8.42 Å². The molecule has 0 saturated carbocycles. The van der Waals surface area contributed by atoms with Gasteiger partial charge in [-0.15, -0.1) is 0 Å². The molecule has 3 aromatic rings. The van der Waals surface area contributed by atoms with Crippen molar-refractivity contribution in [3.8, 4) is 0 Å². The van der Waals surface area contributed by atoms with E-state index in [-0.39, 0.29) is 12.5 Å². The SMILES string of the molecule is CS(=O)(=O)N(Cc1ccccc1)c1ccccc1C(=O)NCCCc1ccccc1. The fraction of sp³-hybridized carbons (Fsp3) is 0.208. The molecule has 0 bridgehead atoms. The van der Waals surface area contributed by atoms with Crippen LogP contribution in [0, 0.1) is 0 Å². The first-order chi connectivity index (χ1) is 14.4. The average Bonchev–Trinajstić information content (AvgIpc) is 2.75. The van der Waals surface area contributed by atoms with E-state index in [0.717, 1.165) is 24.7 Å². The standard InChI is InChI=1S/C24H26N2O3S/c1-30(28,29)26(19-21-13-6-3-7-14-21)23-17-9-8-16-22(23)24(27)25-18-10-15-20-11-4-2-5-12-20/h2-9,11-14,16-17H,10,15,18-19H2,1H3,(H,25,27). The maximum atomic E-state index is 12.8. The predicted octanol–water partition coefficient (Wildman–Crippen LogP) is 4.02. The Labute approximate surface area is 178 Å². The molecule has 0 aliphatic heterocycles. The van der Waals surface area contributed by atoms with Crippen LogP contribution in [0.5, 0.6) is 0 Å². The summed E-state index contributed by atoms with van der Waals surface area (Å²) >= 11 is 0. The summed E-state index contributed by atoms with van der Waals surface area (Å²) < 4.78 is 26.3. The van der Waals surface area contributed by atoms with Crippen molar-refractivity contribution in [1.29, 1.82) is 0 Å². The Bertz CT molecular complexity index is 1070. The summed E-state index contributed by atoms with van der Waals surface area (Å²) in [5.74, 6) is -0.277. The highest BCUT2D eigenvalue weighted by atomic mass is 32.2. The molecule has 0 aliphatic carbocycles. The number of hydrogen-bond donors (Lipinski definition) is 1. The Morgan fingerprint density at radius 2 is 1.40 bits per heavy atom. The molecular weight excluding hydrogens is 396 g/mol. The largest absolute Gasteiger partial charge is 0.352 e. The van der Waals surface area contributed by atoms with Gasteiger partial charge in [0, 0.05) is 6.54 Å². The molecule has 6 heteroatoms. The number of hydrogen-bond acceptors (Lipinski definition) is 3. The van der Waals surface area contributed by atoms with Gasteiger partial charge in [-0.05, 0) is 36.1 Å². The van der Waals surface area contributed by atoms with Gasteiger partial charge in [0.15, 0.2) is 0 Å². The first-order valence-corrected chi connectivity index (χ1v) is 11.7. The van der Waals surface area contributed by atoms with Gasteiger partial charge in [-0.3, -0.25) is 9.10 Å². The first kappa shape index (κ1) is 21.6. The van der Waals surface area contributed by atoms with Crippen molar-refractivity contribution in [3.63, 3.8) is 0 Å². The van der Waals surface area contributed by atoms with Crippen LogP contribution in [0.2, 0.25) is 0 Å². The molecule has 0 fully saturated rings. The van der Waals surface area contributed by atoms with E-state index in [1.54, 1.807) is 24.3 Å². The minimum Gasteiger partial charge on any atom is -0.352 e. The Kier molecular flexibility index (Phi) is 7.25. The second-order valence-corrected chi connectivity index (χ2v) is 9.02. The van der Waals surface area contributed by atoms with Crippen LogP contribution in [-0.4, -0.2) is 27.1 Å². The molecule has 0 heterocycles. The van der Waals surface area contributed by atoms with Gasteiger partial charge < -0.3 is 5.32 Å². The topological polar surface area (TPSA) is 66.5 Å². The van der Waals surface area contributed by atoms with Gasteiger partial charge >= 0.3 is 0 Å². The van der Waals surface area contributed by atoms with E-state index in [1.165, 1.54) is 9.87 Å². The molecule has 1 N–H and O–H groups in total. The molecule has 0 saturated heterocycles. The van der Waals surface area contributed by atoms with Gasteiger partial charge in [0.1, 0.15) is 0 Å². The number of anilines is 1. The number of carbonyl (C=O) groups excluding carboxylic acids is 1. The van der Waals surface area contributed by atoms with Gasteiger partial charge in [-0.1, -0.05) is 72.8 Å². The van der Waals surface area contributed by atoms with E-state index in [4.69, 9.17) is 0 Å². The number of benzene rings is 3. The number of nitrogens with one attached hydrogen (secondary N) is 1. The summed E-state index contributed by atoms with van der Waals surface area (Å²) in [5, 5.41) is 2.92. The maximum Gasteiger partial charge on any atom is 0.253 e. The third-order valence-corrected chi connectivity index (χ3v) is 5.88. The van der Waals surface area contributed by atoms with E-state index >= 15 is 0 Å². The normalized spacial score (nSPS) is 11.1. The molecular formula is C24H26N2O3S. The highest BCUT2D eigenvalue weighted by Crippen LogP contribution is 2.25. The highest BCUT2D eigenvalue weighted by Gasteiger charge is 2.23. The van der Waals surface area contributed by atoms with Crippen LogP contribution in [-0.2, 0) is 23.0 Å². The van der Waals surface area contributed by atoms with Crippen LogP contribution < -0.4 is 9.62 Å². The van der Waals surface area contributed by atoms with E-state index in [1.807, 2.05) is 48.5 Å². The maximum absolute atomic E-state index is 12.8. The van der Waals surface area contributed by atoms with Crippen molar-refractivity contribution >= 4 is 21.6 Å². The fourth-order valence-electron chi connectivity index (χ4n) is 3.25. The lowest BCUT2D eigenvalue weighted by atomic mass is 10.1. The second-order valence-electron chi connectivity index (χ2n) is 7.12. The van der Waals surface area contributed by atoms with Crippen molar-refractivity contribution in [2.45, 2.75) is 19.4 Å². The molecule has 0 radical (unpaired) electrons. The molecule has 0 aromatic heterocycles. The fourth-order valence-corrected chi connectivity index (χ4v) is 4.15. The number of sulfonamides is 1. The number of para-hydroxylation sites is 1. The van der Waals surface area contributed by atoms with Crippen molar-refractivity contribution in [1.82, 2.24) is 5.32 Å². The van der Waals surface area contributed by atoms with Crippen LogP contribution in [0.3, 0.4) is 0 Å². The Hall–Kier alpha value is -3.12. The van der Waals surface area contributed by atoms with Crippen molar-refractivity contribution in [2.24, 2.45) is 0 Å². The van der Waals surface area contributed by atoms with Gasteiger partial charge in [0.2, 0.25) is 10.0 Å². The lowest BCUT2D eigenvalue weighted by Crippen LogP contribution is -2.33. The minimum atomic E-state index is -3.58. The molecule has 30 heavy (non-hydrogen) atoms. The molecule has 1 amide bonds. The molecule has 3 rings (SSSR count). The number of amides is 1. The number of aryl methyl sites for hydroxylation is 1. The molecule has 0 unspecified atom stereocenters. The average molecular weight is 423 g/mol. The van der Waals surface area contributed by atoms with E-state index in [2.05, 4.69) is 17.4 Å². The Morgan fingerprint density at radius 1 is 0.833 bits per heavy atom. The first-order valence-electron chi connectivity index (χ1n) is 9.88. The summed E-state index contributed by atoms with van der Waals surface area (Å²) in [5.41, 5.74) is 2.79. The number of rotatable bonds is 9. The van der Waals surface area contributed by atoms with Crippen LogP contribution >= 0.6 is 0 Å². The monoisotopic (exact) mass is 422 g/mol. The zero-order chi connectivity index (χ0) is 21.4. The molecule has 0 aliphatic rings. The summed E-state index contributed by atoms with van der Waals surface area (Å²) in [6.45, 7) is 0.678. The lowest BCUT2D eigenvalue weighted by molar-refractivity contribution is 0.0954. The van der Waals surface area contributed by atoms with E-state index < -0.39 is 10.0 Å². The molecule has 0 spiro atoms. The smallest absolute Gasteiger partial charge is 0.253 e. The number of nitrogens with zero attached hydrogens (tertiary/aromatic N) is 1. The molecule has 0 atom stereocenters. The van der Waals surface area contributed by atoms with Crippen LogP contribution in [0.1, 0.15) is 27.9 Å². The Morgan fingerprint density at radius 3 is 2.03 bits per heavy atom. The summed E-state index contributed by atoms with van der Waals surface area (Å²) in [6, 6.07) is 26.2. The highest BCUT2D eigenvalue weighted by molar-refractivity contribution is 7.92. The Balaban J connectivity index is 1.73. The minimum absolute atomic E-state index is 0.165. The van der Waals surface area contributed by atoms with Crippen LogP contribution in [0.25, 0.3) is 0 Å². The predicted molar refractivity (Wildman–Crippen MR) is 121 cm³/mol. The van der Waals surface area contributed by atoms with E-state index in [9.17, 15) is 13.2 Å².